The zero-order chi connectivity index (χ0) is 12.0. The van der Waals surface area contributed by atoms with Gasteiger partial charge in [0.1, 0.15) is 5.60 Å². The van der Waals surface area contributed by atoms with Gasteiger partial charge in [0, 0.05) is 10.9 Å². The van der Waals surface area contributed by atoms with Crippen molar-refractivity contribution in [1.29, 1.82) is 0 Å². The van der Waals surface area contributed by atoms with E-state index in [2.05, 4.69) is 34.6 Å². The average Bonchev–Trinajstić information content (AvgIpc) is 2.81. The molecule has 2 aromatic rings. The van der Waals surface area contributed by atoms with Crippen LogP contribution in [-0.4, -0.2) is 24.7 Å². The Bertz CT molecular complexity index is 587. The van der Waals surface area contributed by atoms with Gasteiger partial charge in [-0.1, -0.05) is 18.2 Å². The first-order valence-corrected chi connectivity index (χ1v) is 6.84. The Balaban J connectivity index is 0.00000110. The summed E-state index contributed by atoms with van der Waals surface area (Å²) in [4.78, 5) is 3.62. The van der Waals surface area contributed by atoms with Gasteiger partial charge in [-0.25, -0.2) is 0 Å². The van der Waals surface area contributed by atoms with E-state index in [4.69, 9.17) is 4.74 Å². The van der Waals surface area contributed by atoms with Gasteiger partial charge in [-0.05, 0) is 44.0 Å². The maximum Gasteiger partial charge on any atom is 0.110 e. The molecule has 0 amide bonds. The fraction of sp³-hybridized carbons (Fsp3) is 0.467. The fourth-order valence-corrected chi connectivity index (χ4v) is 3.49. The summed E-state index contributed by atoms with van der Waals surface area (Å²) >= 11 is 0. The van der Waals surface area contributed by atoms with Crippen LogP contribution in [0.1, 0.15) is 24.1 Å². The molecule has 0 radical (unpaired) electrons. The van der Waals surface area contributed by atoms with Gasteiger partial charge >= 0.3 is 0 Å². The third-order valence-electron chi connectivity index (χ3n) is 4.41. The number of nitrogens with one attached hydrogen (secondary N) is 2. The quantitative estimate of drug-likeness (QED) is 0.777. The minimum absolute atomic E-state index is 0. The highest BCUT2D eigenvalue weighted by molar-refractivity contribution is 5.85. The summed E-state index contributed by atoms with van der Waals surface area (Å²) in [7, 11) is 0. The van der Waals surface area contributed by atoms with Gasteiger partial charge in [-0.3, -0.25) is 0 Å². The average molecular weight is 279 g/mol. The molecule has 1 spiro atoms. The van der Waals surface area contributed by atoms with Crippen molar-refractivity contribution in [1.82, 2.24) is 10.3 Å². The van der Waals surface area contributed by atoms with Gasteiger partial charge in [0.25, 0.3) is 0 Å². The predicted octanol–water partition coefficient (Wildman–Crippen LogP) is 2.74. The topological polar surface area (TPSA) is 37.0 Å². The van der Waals surface area contributed by atoms with E-state index in [9.17, 15) is 0 Å². The molecule has 3 heterocycles. The number of halogens is 1. The predicted molar refractivity (Wildman–Crippen MR) is 79.0 cm³/mol. The third kappa shape index (κ3) is 1.88. The number of piperidine rings is 1. The zero-order valence-corrected chi connectivity index (χ0v) is 11.7. The molecule has 1 fully saturated rings. The van der Waals surface area contributed by atoms with Crippen LogP contribution in [-0.2, 0) is 16.8 Å². The van der Waals surface area contributed by atoms with Crippen molar-refractivity contribution in [2.24, 2.45) is 0 Å². The number of aromatic amines is 1. The van der Waals surface area contributed by atoms with Crippen molar-refractivity contribution in [3.05, 3.63) is 35.5 Å². The van der Waals surface area contributed by atoms with E-state index in [1.54, 1.807) is 0 Å². The van der Waals surface area contributed by atoms with Crippen molar-refractivity contribution in [3.63, 3.8) is 0 Å². The number of rotatable bonds is 0. The highest BCUT2D eigenvalue weighted by atomic mass is 35.5. The van der Waals surface area contributed by atoms with E-state index < -0.39 is 0 Å². The van der Waals surface area contributed by atoms with E-state index in [-0.39, 0.29) is 18.0 Å². The number of hydrogen-bond donors (Lipinski definition) is 2. The van der Waals surface area contributed by atoms with Gasteiger partial charge in [-0.15, -0.1) is 12.4 Å². The lowest BCUT2D eigenvalue weighted by Crippen LogP contribution is -2.44. The van der Waals surface area contributed by atoms with Gasteiger partial charge in [0.05, 0.1) is 12.3 Å². The summed E-state index contributed by atoms with van der Waals surface area (Å²) in [6, 6.07) is 8.62. The van der Waals surface area contributed by atoms with E-state index in [0.29, 0.717) is 0 Å². The summed E-state index contributed by atoms with van der Waals surface area (Å²) in [5, 5.41) is 4.81. The number of aromatic nitrogens is 1. The van der Waals surface area contributed by atoms with Crippen LogP contribution >= 0.6 is 12.4 Å². The molecule has 4 heteroatoms. The van der Waals surface area contributed by atoms with Crippen LogP contribution < -0.4 is 5.32 Å². The molecule has 102 valence electrons. The molecule has 4 rings (SSSR count). The number of benzene rings is 1. The van der Waals surface area contributed by atoms with Gasteiger partial charge in [0.2, 0.25) is 0 Å². The first kappa shape index (κ1) is 13.0. The van der Waals surface area contributed by atoms with Gasteiger partial charge in [0.15, 0.2) is 0 Å². The molecule has 1 aromatic carbocycles. The minimum Gasteiger partial charge on any atom is -0.368 e. The normalized spacial score (nSPS) is 21.1. The second-order valence-electron chi connectivity index (χ2n) is 5.37. The van der Waals surface area contributed by atoms with Gasteiger partial charge in [-0.2, -0.15) is 0 Å². The monoisotopic (exact) mass is 278 g/mol. The Kier molecular flexibility index (Phi) is 3.29. The first-order chi connectivity index (χ1) is 8.89. The first-order valence-electron chi connectivity index (χ1n) is 6.84. The molecule has 0 bridgehead atoms. The summed E-state index contributed by atoms with van der Waals surface area (Å²) in [6.45, 7) is 2.96. The summed E-state index contributed by atoms with van der Waals surface area (Å²) in [5.41, 5.74) is 4.03. The van der Waals surface area contributed by atoms with Crippen LogP contribution in [0.25, 0.3) is 10.9 Å². The van der Waals surface area contributed by atoms with Crippen molar-refractivity contribution in [2.75, 3.05) is 19.7 Å². The molecule has 2 aliphatic rings. The standard InChI is InChI=1S/C15H18N2O.ClH/c1-2-4-13-11(3-1)12-5-10-18-15(14(12)17-13)6-8-16-9-7-15;/h1-4,16-17H,5-10H2;1H. The molecule has 1 saturated heterocycles. The van der Waals surface area contributed by atoms with Crippen LogP contribution in [0.4, 0.5) is 0 Å². The lowest BCUT2D eigenvalue weighted by Gasteiger charge is -2.40. The van der Waals surface area contributed by atoms with E-state index in [0.717, 1.165) is 39.0 Å². The van der Waals surface area contributed by atoms with Crippen LogP contribution in [0.2, 0.25) is 0 Å². The molecule has 3 nitrogen and oxygen atoms in total. The van der Waals surface area contributed by atoms with Crippen molar-refractivity contribution in [3.8, 4) is 0 Å². The Morgan fingerprint density at radius 2 is 1.89 bits per heavy atom. The zero-order valence-electron chi connectivity index (χ0n) is 10.9. The van der Waals surface area contributed by atoms with Crippen molar-refractivity contribution < 1.29 is 4.74 Å². The summed E-state index contributed by atoms with van der Waals surface area (Å²) in [5.74, 6) is 0. The Morgan fingerprint density at radius 3 is 2.74 bits per heavy atom. The molecular weight excluding hydrogens is 260 g/mol. The van der Waals surface area contributed by atoms with Crippen LogP contribution in [0, 0.1) is 0 Å². The lowest BCUT2D eigenvalue weighted by molar-refractivity contribution is -0.0826. The minimum atomic E-state index is -0.0577. The number of ether oxygens (including phenoxy) is 1. The second-order valence-corrected chi connectivity index (χ2v) is 5.37. The van der Waals surface area contributed by atoms with Crippen molar-refractivity contribution in [2.45, 2.75) is 24.9 Å². The summed E-state index contributed by atoms with van der Waals surface area (Å²) in [6.07, 6.45) is 3.19. The Morgan fingerprint density at radius 1 is 1.11 bits per heavy atom. The second kappa shape index (κ2) is 4.82. The van der Waals surface area contributed by atoms with Crippen LogP contribution in [0.15, 0.2) is 24.3 Å². The molecule has 0 unspecified atom stereocenters. The highest BCUT2D eigenvalue weighted by Gasteiger charge is 2.40. The maximum absolute atomic E-state index is 6.19. The number of H-pyrrole nitrogens is 1. The smallest absolute Gasteiger partial charge is 0.110 e. The fourth-order valence-electron chi connectivity index (χ4n) is 3.49. The number of hydrogen-bond acceptors (Lipinski definition) is 2. The van der Waals surface area contributed by atoms with Crippen LogP contribution in [0.3, 0.4) is 0 Å². The maximum atomic E-state index is 6.19. The molecular formula is C15H19ClN2O. The lowest BCUT2D eigenvalue weighted by atomic mass is 9.84. The molecule has 2 N–H and O–H groups in total. The SMILES string of the molecule is Cl.c1ccc2c3c([nH]c2c1)C1(CCNCC1)OCC3. The van der Waals surface area contributed by atoms with E-state index in [1.165, 1.54) is 22.2 Å². The molecule has 0 aliphatic carbocycles. The highest BCUT2D eigenvalue weighted by Crippen LogP contribution is 2.42. The van der Waals surface area contributed by atoms with E-state index in [1.807, 2.05) is 0 Å². The Hall–Kier alpha value is -1.03. The molecule has 1 aromatic heterocycles. The van der Waals surface area contributed by atoms with Crippen molar-refractivity contribution >= 4 is 23.3 Å². The summed E-state index contributed by atoms with van der Waals surface area (Å²) < 4.78 is 6.19. The number of fused-ring (bicyclic) bond motifs is 4. The molecule has 2 aliphatic heterocycles. The molecule has 0 atom stereocenters. The van der Waals surface area contributed by atoms with E-state index >= 15 is 0 Å². The van der Waals surface area contributed by atoms with Crippen LogP contribution in [0.5, 0.6) is 0 Å². The third-order valence-corrected chi connectivity index (χ3v) is 4.41. The largest absolute Gasteiger partial charge is 0.368 e. The molecule has 19 heavy (non-hydrogen) atoms. The Labute approximate surface area is 119 Å². The number of para-hydroxylation sites is 1. The van der Waals surface area contributed by atoms with Gasteiger partial charge < -0.3 is 15.0 Å². The molecule has 0 saturated carbocycles.